The number of nitrogen functional groups attached to an aromatic ring is 1. The van der Waals surface area contributed by atoms with Crippen LogP contribution in [-0.2, 0) is 19.3 Å². The van der Waals surface area contributed by atoms with Crippen LogP contribution in [0.15, 0.2) is 30.3 Å². The Bertz CT molecular complexity index is 1060. The first-order valence-electron chi connectivity index (χ1n) is 9.72. The van der Waals surface area contributed by atoms with Crippen LogP contribution in [0.5, 0.6) is 0 Å². The van der Waals surface area contributed by atoms with Gasteiger partial charge in [0.25, 0.3) is 5.91 Å². The molecule has 0 saturated heterocycles. The van der Waals surface area contributed by atoms with Crippen LogP contribution in [0.1, 0.15) is 46.3 Å². The number of amides is 1. The lowest BCUT2D eigenvalue weighted by Gasteiger charge is -2.29. The largest absolute Gasteiger partial charge is 0.397 e. The molecule has 5 rings (SSSR count). The zero-order valence-electron chi connectivity index (χ0n) is 15.5. The van der Waals surface area contributed by atoms with Gasteiger partial charge in [-0.3, -0.25) is 4.79 Å². The minimum atomic E-state index is 0.00832. The molecule has 3 heterocycles. The average molecular weight is 378 g/mol. The molecule has 0 fully saturated rings. The monoisotopic (exact) mass is 377 g/mol. The van der Waals surface area contributed by atoms with E-state index in [1.165, 1.54) is 34.6 Å². The van der Waals surface area contributed by atoms with Crippen molar-refractivity contribution < 1.29 is 4.79 Å². The highest BCUT2D eigenvalue weighted by molar-refractivity contribution is 7.21. The van der Waals surface area contributed by atoms with Gasteiger partial charge in [-0.25, -0.2) is 4.98 Å². The Labute approximate surface area is 163 Å². The number of thiophene rings is 1. The SMILES string of the molecule is CC1CCc2nc3sc(C(=O)N4CCCc5ccccc54)c(N)c3cc2C1. The number of carbonyl (C=O) groups excluding carboxylic acids is 1. The fourth-order valence-electron chi connectivity index (χ4n) is 4.40. The average Bonchev–Trinajstić information content (AvgIpc) is 3.01. The van der Waals surface area contributed by atoms with Crippen LogP contribution in [0.4, 0.5) is 11.4 Å². The van der Waals surface area contributed by atoms with Gasteiger partial charge in [0.1, 0.15) is 9.71 Å². The summed E-state index contributed by atoms with van der Waals surface area (Å²) in [5, 5.41) is 0.946. The van der Waals surface area contributed by atoms with Crippen molar-refractivity contribution in [1.82, 2.24) is 4.98 Å². The molecule has 1 atom stereocenters. The second-order valence-corrected chi connectivity index (χ2v) is 8.83. The molecule has 1 aromatic carbocycles. The third-order valence-corrected chi connectivity index (χ3v) is 6.98. The Kier molecular flexibility index (Phi) is 3.93. The molecular weight excluding hydrogens is 354 g/mol. The molecule has 138 valence electrons. The molecule has 0 radical (unpaired) electrons. The third-order valence-electron chi connectivity index (χ3n) is 5.88. The molecule has 0 spiro atoms. The predicted octanol–water partition coefficient (Wildman–Crippen LogP) is 4.60. The number of nitrogens with zero attached hydrogens (tertiary/aromatic N) is 2. The lowest BCUT2D eigenvalue weighted by molar-refractivity contribution is 0.0990. The third kappa shape index (κ3) is 2.72. The maximum Gasteiger partial charge on any atom is 0.270 e. The summed E-state index contributed by atoms with van der Waals surface area (Å²) in [5.74, 6) is 0.691. The number of anilines is 2. The second kappa shape index (κ2) is 6.34. The van der Waals surface area contributed by atoms with Crippen LogP contribution in [0, 0.1) is 5.92 Å². The van der Waals surface area contributed by atoms with Crippen molar-refractivity contribution >= 4 is 38.8 Å². The van der Waals surface area contributed by atoms with Crippen molar-refractivity contribution in [2.45, 2.75) is 39.0 Å². The molecule has 1 aliphatic heterocycles. The molecule has 2 aromatic heterocycles. The summed E-state index contributed by atoms with van der Waals surface area (Å²) < 4.78 is 0. The Morgan fingerprint density at radius 3 is 3.00 bits per heavy atom. The number of aryl methyl sites for hydroxylation is 2. The summed E-state index contributed by atoms with van der Waals surface area (Å²) in [6, 6.07) is 10.4. The minimum Gasteiger partial charge on any atom is -0.397 e. The molecule has 1 amide bonds. The van der Waals surface area contributed by atoms with Crippen LogP contribution in [0.3, 0.4) is 0 Å². The first-order valence-corrected chi connectivity index (χ1v) is 10.5. The van der Waals surface area contributed by atoms with Gasteiger partial charge in [0.2, 0.25) is 0 Å². The number of pyridine rings is 1. The summed E-state index contributed by atoms with van der Waals surface area (Å²) in [7, 11) is 0. The molecule has 3 aromatic rings. The highest BCUT2D eigenvalue weighted by atomic mass is 32.1. The van der Waals surface area contributed by atoms with Crippen LogP contribution < -0.4 is 10.6 Å². The van der Waals surface area contributed by atoms with E-state index in [0.717, 1.165) is 48.1 Å². The van der Waals surface area contributed by atoms with Crippen molar-refractivity contribution in [3.63, 3.8) is 0 Å². The Morgan fingerprint density at radius 2 is 2.11 bits per heavy atom. The number of aromatic nitrogens is 1. The Balaban J connectivity index is 1.58. The number of hydrogen-bond donors (Lipinski definition) is 1. The van der Waals surface area contributed by atoms with E-state index in [2.05, 4.69) is 19.1 Å². The summed E-state index contributed by atoms with van der Waals surface area (Å²) in [5.41, 5.74) is 11.8. The van der Waals surface area contributed by atoms with E-state index in [-0.39, 0.29) is 5.91 Å². The molecule has 4 nitrogen and oxygen atoms in total. The standard InChI is InChI=1S/C22H23N3OS/c1-13-8-9-17-15(11-13)12-16-19(23)20(27-21(16)24-17)22(26)25-10-4-6-14-5-2-3-7-18(14)25/h2-3,5,7,12-13H,4,6,8-11,23H2,1H3. The number of nitrogens with two attached hydrogens (primary N) is 1. The van der Waals surface area contributed by atoms with Gasteiger partial charge in [-0.1, -0.05) is 25.1 Å². The maximum absolute atomic E-state index is 13.4. The first-order chi connectivity index (χ1) is 13.1. The summed E-state index contributed by atoms with van der Waals surface area (Å²) in [4.78, 5) is 21.6. The zero-order chi connectivity index (χ0) is 18.5. The van der Waals surface area contributed by atoms with Crippen molar-refractivity contribution in [2.75, 3.05) is 17.2 Å². The quantitative estimate of drug-likeness (QED) is 0.674. The van der Waals surface area contributed by atoms with E-state index in [9.17, 15) is 4.79 Å². The van der Waals surface area contributed by atoms with Crippen molar-refractivity contribution in [3.8, 4) is 0 Å². The van der Waals surface area contributed by atoms with Gasteiger partial charge in [-0.2, -0.15) is 0 Å². The summed E-state index contributed by atoms with van der Waals surface area (Å²) in [6.07, 6.45) is 5.26. The normalized spacial score (nSPS) is 19.0. The number of rotatable bonds is 1. The van der Waals surface area contributed by atoms with Crippen LogP contribution >= 0.6 is 11.3 Å². The fraction of sp³-hybridized carbons (Fsp3) is 0.364. The zero-order valence-corrected chi connectivity index (χ0v) is 16.3. The van der Waals surface area contributed by atoms with Crippen LogP contribution in [0.2, 0.25) is 0 Å². The minimum absolute atomic E-state index is 0.00832. The Morgan fingerprint density at radius 1 is 1.26 bits per heavy atom. The molecule has 5 heteroatoms. The molecular formula is C22H23N3OS. The number of carbonyl (C=O) groups is 1. The predicted molar refractivity (Wildman–Crippen MR) is 112 cm³/mol. The van der Waals surface area contributed by atoms with Gasteiger partial charge < -0.3 is 10.6 Å². The van der Waals surface area contributed by atoms with Gasteiger partial charge in [-0.05, 0) is 61.3 Å². The fourth-order valence-corrected chi connectivity index (χ4v) is 5.44. The van der Waals surface area contributed by atoms with Crippen molar-refractivity contribution in [1.29, 1.82) is 0 Å². The van der Waals surface area contributed by atoms with Crippen LogP contribution in [-0.4, -0.2) is 17.4 Å². The number of fused-ring (bicyclic) bond motifs is 3. The van der Waals surface area contributed by atoms with E-state index < -0.39 is 0 Å². The Hall–Kier alpha value is -2.40. The highest BCUT2D eigenvalue weighted by Crippen LogP contribution is 2.38. The van der Waals surface area contributed by atoms with Crippen molar-refractivity contribution in [3.05, 3.63) is 52.0 Å². The lowest BCUT2D eigenvalue weighted by atomic mass is 9.87. The molecule has 1 aliphatic carbocycles. The summed E-state index contributed by atoms with van der Waals surface area (Å²) >= 11 is 1.45. The van der Waals surface area contributed by atoms with Gasteiger partial charge in [-0.15, -0.1) is 11.3 Å². The summed E-state index contributed by atoms with van der Waals surface area (Å²) in [6.45, 7) is 3.03. The van der Waals surface area contributed by atoms with Gasteiger partial charge in [0, 0.05) is 23.3 Å². The van der Waals surface area contributed by atoms with E-state index >= 15 is 0 Å². The first kappa shape index (κ1) is 16.8. The number of hydrogen-bond acceptors (Lipinski definition) is 4. The van der Waals surface area contributed by atoms with Gasteiger partial charge >= 0.3 is 0 Å². The van der Waals surface area contributed by atoms with E-state index in [0.29, 0.717) is 16.5 Å². The molecule has 27 heavy (non-hydrogen) atoms. The number of para-hydroxylation sites is 1. The molecule has 0 bridgehead atoms. The molecule has 0 saturated carbocycles. The second-order valence-electron chi connectivity index (χ2n) is 7.83. The number of benzene rings is 1. The topological polar surface area (TPSA) is 59.2 Å². The maximum atomic E-state index is 13.4. The van der Waals surface area contributed by atoms with Gasteiger partial charge in [0.15, 0.2) is 0 Å². The van der Waals surface area contributed by atoms with Gasteiger partial charge in [0.05, 0.1) is 5.69 Å². The van der Waals surface area contributed by atoms with Crippen molar-refractivity contribution in [2.24, 2.45) is 5.92 Å². The lowest BCUT2D eigenvalue weighted by Crippen LogP contribution is -2.35. The molecule has 2 aliphatic rings. The highest BCUT2D eigenvalue weighted by Gasteiger charge is 2.28. The van der Waals surface area contributed by atoms with Crippen LogP contribution in [0.25, 0.3) is 10.2 Å². The van der Waals surface area contributed by atoms with E-state index in [1.807, 2.05) is 23.1 Å². The molecule has 1 unspecified atom stereocenters. The van der Waals surface area contributed by atoms with E-state index in [1.54, 1.807) is 0 Å². The van der Waals surface area contributed by atoms with E-state index in [4.69, 9.17) is 10.7 Å². The smallest absolute Gasteiger partial charge is 0.270 e. The molecule has 2 N–H and O–H groups in total.